The Bertz CT molecular complexity index is 487. The molecule has 0 saturated heterocycles. The smallest absolute Gasteiger partial charge is 0.315 e. The Balaban J connectivity index is 1.86. The molecular formula is C17H26N2O2. The number of benzene rings is 1. The summed E-state index contributed by atoms with van der Waals surface area (Å²) in [6.07, 6.45) is 1.21. The molecule has 0 radical (unpaired) electrons. The van der Waals surface area contributed by atoms with Crippen LogP contribution in [0, 0.1) is 11.8 Å². The van der Waals surface area contributed by atoms with Gasteiger partial charge in [-0.1, -0.05) is 45.0 Å². The molecule has 21 heavy (non-hydrogen) atoms. The zero-order valence-electron chi connectivity index (χ0n) is 13.1. The lowest BCUT2D eigenvalue weighted by Gasteiger charge is -2.20. The second kappa shape index (κ2) is 6.94. The summed E-state index contributed by atoms with van der Waals surface area (Å²) in [5.41, 5.74) is 2.53. The Hall–Kier alpha value is -1.55. The van der Waals surface area contributed by atoms with Crippen LogP contribution in [0.1, 0.15) is 44.4 Å². The van der Waals surface area contributed by atoms with Gasteiger partial charge in [-0.05, 0) is 35.8 Å². The van der Waals surface area contributed by atoms with Gasteiger partial charge in [0.05, 0.1) is 12.1 Å². The predicted molar refractivity (Wildman–Crippen MR) is 84.0 cm³/mol. The highest BCUT2D eigenvalue weighted by Gasteiger charge is 2.30. The second-order valence-electron chi connectivity index (χ2n) is 6.50. The minimum atomic E-state index is -0.482. The number of urea groups is 1. The number of carbonyl (C=O) groups is 1. The van der Waals surface area contributed by atoms with Crippen LogP contribution in [0.25, 0.3) is 0 Å². The third-order valence-electron chi connectivity index (χ3n) is 4.03. The molecule has 4 nitrogen and oxygen atoms in total. The van der Waals surface area contributed by atoms with Crippen molar-refractivity contribution in [1.82, 2.24) is 10.6 Å². The van der Waals surface area contributed by atoms with Crippen molar-refractivity contribution in [1.29, 1.82) is 0 Å². The summed E-state index contributed by atoms with van der Waals surface area (Å²) in [6, 6.07) is 8.11. The van der Waals surface area contributed by atoms with Gasteiger partial charge >= 0.3 is 6.03 Å². The van der Waals surface area contributed by atoms with Gasteiger partial charge in [0.1, 0.15) is 0 Å². The van der Waals surface area contributed by atoms with E-state index in [1.807, 2.05) is 12.1 Å². The van der Waals surface area contributed by atoms with E-state index in [2.05, 4.69) is 43.5 Å². The zero-order valence-corrected chi connectivity index (χ0v) is 13.1. The molecular weight excluding hydrogens is 264 g/mol. The van der Waals surface area contributed by atoms with E-state index in [0.29, 0.717) is 24.8 Å². The van der Waals surface area contributed by atoms with E-state index < -0.39 is 6.10 Å². The van der Waals surface area contributed by atoms with Gasteiger partial charge in [-0.3, -0.25) is 0 Å². The summed E-state index contributed by atoms with van der Waals surface area (Å²) in [5.74, 6) is 0.820. The van der Waals surface area contributed by atoms with E-state index in [-0.39, 0.29) is 12.1 Å². The summed E-state index contributed by atoms with van der Waals surface area (Å²) in [4.78, 5) is 12.0. The van der Waals surface area contributed by atoms with Crippen LogP contribution in [0.15, 0.2) is 24.3 Å². The topological polar surface area (TPSA) is 61.4 Å². The monoisotopic (exact) mass is 290 g/mol. The first-order valence-corrected chi connectivity index (χ1v) is 7.77. The Kier molecular flexibility index (Phi) is 5.23. The average molecular weight is 290 g/mol. The van der Waals surface area contributed by atoms with Crippen molar-refractivity contribution in [2.24, 2.45) is 11.8 Å². The maximum atomic E-state index is 12.0. The lowest BCUT2D eigenvalue weighted by Crippen LogP contribution is -2.42. The largest absolute Gasteiger partial charge is 0.391 e. The van der Waals surface area contributed by atoms with E-state index in [1.54, 1.807) is 0 Å². The molecule has 1 aromatic rings. The van der Waals surface area contributed by atoms with Gasteiger partial charge in [-0.25, -0.2) is 4.79 Å². The van der Waals surface area contributed by atoms with Crippen LogP contribution in [-0.2, 0) is 6.42 Å². The average Bonchev–Trinajstić information content (AvgIpc) is 2.72. The molecule has 0 aliphatic heterocycles. The van der Waals surface area contributed by atoms with E-state index in [9.17, 15) is 9.90 Å². The minimum Gasteiger partial charge on any atom is -0.391 e. The van der Waals surface area contributed by atoms with Gasteiger partial charge in [0.2, 0.25) is 0 Å². The molecule has 1 aliphatic rings. The summed E-state index contributed by atoms with van der Waals surface area (Å²) in [5, 5.41) is 15.6. The van der Waals surface area contributed by atoms with Crippen molar-refractivity contribution in [3.63, 3.8) is 0 Å². The Morgan fingerprint density at radius 2 is 2.10 bits per heavy atom. The molecule has 1 aromatic carbocycles. The lowest BCUT2D eigenvalue weighted by atomic mass is 10.0. The summed E-state index contributed by atoms with van der Waals surface area (Å²) in [7, 11) is 0. The molecule has 116 valence electrons. The standard InChI is InChI=1S/C17H26N2O2/c1-11(2)8-14(20)10-18-17(21)19-16-12(3)9-13-6-4-5-7-15(13)16/h4-7,11-12,14,16,20H,8-10H2,1-3H3,(H2,18,19,21). The Labute approximate surface area is 126 Å². The minimum absolute atomic E-state index is 0.0587. The van der Waals surface area contributed by atoms with Crippen LogP contribution in [0.4, 0.5) is 4.79 Å². The molecule has 3 atom stereocenters. The molecule has 0 bridgehead atoms. The molecule has 2 rings (SSSR count). The first-order chi connectivity index (χ1) is 9.97. The van der Waals surface area contributed by atoms with Crippen molar-refractivity contribution in [2.75, 3.05) is 6.54 Å². The molecule has 4 heteroatoms. The van der Waals surface area contributed by atoms with Gasteiger partial charge in [0.25, 0.3) is 0 Å². The maximum absolute atomic E-state index is 12.0. The molecule has 0 saturated carbocycles. The van der Waals surface area contributed by atoms with E-state index >= 15 is 0 Å². The maximum Gasteiger partial charge on any atom is 0.315 e. The Morgan fingerprint density at radius 1 is 1.38 bits per heavy atom. The first-order valence-electron chi connectivity index (χ1n) is 7.77. The number of hydrogen-bond acceptors (Lipinski definition) is 2. The van der Waals surface area contributed by atoms with Gasteiger partial charge in [-0.15, -0.1) is 0 Å². The van der Waals surface area contributed by atoms with Crippen molar-refractivity contribution < 1.29 is 9.90 Å². The highest BCUT2D eigenvalue weighted by molar-refractivity contribution is 5.74. The molecule has 0 fully saturated rings. The fraction of sp³-hybridized carbons (Fsp3) is 0.588. The summed E-state index contributed by atoms with van der Waals surface area (Å²) >= 11 is 0. The molecule has 3 N–H and O–H groups in total. The second-order valence-corrected chi connectivity index (χ2v) is 6.50. The van der Waals surface area contributed by atoms with Crippen LogP contribution in [-0.4, -0.2) is 23.8 Å². The summed E-state index contributed by atoms with van der Waals surface area (Å²) in [6.45, 7) is 6.56. The molecule has 3 unspecified atom stereocenters. The van der Waals surface area contributed by atoms with Crippen molar-refractivity contribution in [2.45, 2.75) is 45.8 Å². The number of fused-ring (bicyclic) bond motifs is 1. The fourth-order valence-electron chi connectivity index (χ4n) is 3.05. The number of hydrogen-bond donors (Lipinski definition) is 3. The van der Waals surface area contributed by atoms with Crippen molar-refractivity contribution in [3.05, 3.63) is 35.4 Å². The van der Waals surface area contributed by atoms with Crippen molar-refractivity contribution >= 4 is 6.03 Å². The summed E-state index contributed by atoms with van der Waals surface area (Å²) < 4.78 is 0. The number of carbonyl (C=O) groups excluding carboxylic acids is 1. The van der Waals surface area contributed by atoms with Crippen LogP contribution in [0.3, 0.4) is 0 Å². The van der Waals surface area contributed by atoms with Crippen LogP contribution < -0.4 is 10.6 Å². The van der Waals surface area contributed by atoms with Gasteiger partial charge in [0.15, 0.2) is 0 Å². The molecule has 1 aliphatic carbocycles. The fourth-order valence-corrected chi connectivity index (χ4v) is 3.05. The number of rotatable bonds is 5. The lowest BCUT2D eigenvalue weighted by molar-refractivity contribution is 0.146. The number of aliphatic hydroxyl groups is 1. The van der Waals surface area contributed by atoms with Crippen molar-refractivity contribution in [3.8, 4) is 0 Å². The molecule has 0 heterocycles. The quantitative estimate of drug-likeness (QED) is 0.780. The van der Waals surface area contributed by atoms with Crippen LogP contribution >= 0.6 is 0 Å². The number of nitrogens with one attached hydrogen (secondary N) is 2. The highest BCUT2D eigenvalue weighted by atomic mass is 16.3. The van der Waals surface area contributed by atoms with E-state index in [0.717, 1.165) is 6.42 Å². The normalized spacial score (nSPS) is 22.0. The zero-order chi connectivity index (χ0) is 15.4. The Morgan fingerprint density at radius 3 is 2.81 bits per heavy atom. The highest BCUT2D eigenvalue weighted by Crippen LogP contribution is 2.35. The van der Waals surface area contributed by atoms with E-state index in [1.165, 1.54) is 11.1 Å². The SMILES string of the molecule is CC(C)CC(O)CNC(=O)NC1c2ccccc2CC1C. The molecule has 2 amide bonds. The molecule has 0 aromatic heterocycles. The number of amides is 2. The van der Waals surface area contributed by atoms with Gasteiger partial charge in [0, 0.05) is 6.54 Å². The predicted octanol–water partition coefficient (Wildman–Crippen LogP) is 2.63. The van der Waals surface area contributed by atoms with E-state index in [4.69, 9.17) is 0 Å². The van der Waals surface area contributed by atoms with Gasteiger partial charge < -0.3 is 15.7 Å². The first kappa shape index (κ1) is 15.8. The third kappa shape index (κ3) is 4.21. The molecule has 0 spiro atoms. The van der Waals surface area contributed by atoms with Crippen LogP contribution in [0.2, 0.25) is 0 Å². The third-order valence-corrected chi connectivity index (χ3v) is 4.03. The number of aliphatic hydroxyl groups excluding tert-OH is 1. The van der Waals surface area contributed by atoms with Crippen LogP contribution in [0.5, 0.6) is 0 Å². The van der Waals surface area contributed by atoms with Gasteiger partial charge in [-0.2, -0.15) is 0 Å².